The van der Waals surface area contributed by atoms with E-state index in [9.17, 15) is 14.0 Å². The molecule has 6 nitrogen and oxygen atoms in total. The van der Waals surface area contributed by atoms with Crippen LogP contribution >= 0.6 is 11.3 Å². The van der Waals surface area contributed by atoms with Crippen LogP contribution in [0.4, 0.5) is 15.2 Å². The lowest BCUT2D eigenvalue weighted by molar-refractivity contribution is -0.117. The predicted octanol–water partition coefficient (Wildman–Crippen LogP) is 4.84. The van der Waals surface area contributed by atoms with Crippen molar-refractivity contribution >= 4 is 40.0 Å². The second-order valence-corrected chi connectivity index (χ2v) is 9.03. The molecule has 0 unspecified atom stereocenters. The molecule has 1 aliphatic rings. The molecule has 3 aromatic rings. The lowest BCUT2D eigenvalue weighted by Crippen LogP contribution is -2.44. The minimum Gasteiger partial charge on any atom is -0.381 e. The number of hydrogen-bond acceptors (Lipinski definition) is 5. The summed E-state index contributed by atoms with van der Waals surface area (Å²) in [6, 6.07) is 15.8. The topological polar surface area (TPSA) is 71.5 Å². The molecular weight excluding hydrogens is 453 g/mol. The van der Waals surface area contributed by atoms with E-state index in [4.69, 9.17) is 4.74 Å². The van der Waals surface area contributed by atoms with Gasteiger partial charge in [0.1, 0.15) is 5.82 Å². The van der Waals surface area contributed by atoms with E-state index in [-0.39, 0.29) is 23.0 Å². The van der Waals surface area contributed by atoms with Crippen LogP contribution in [0, 0.1) is 5.82 Å². The Morgan fingerprint density at radius 3 is 2.53 bits per heavy atom. The summed E-state index contributed by atoms with van der Waals surface area (Å²) >= 11 is 1.33. The van der Waals surface area contributed by atoms with E-state index in [1.807, 2.05) is 30.3 Å². The van der Waals surface area contributed by atoms with Gasteiger partial charge in [0, 0.05) is 43.6 Å². The largest absolute Gasteiger partial charge is 0.381 e. The van der Waals surface area contributed by atoms with Crippen LogP contribution in [0.2, 0.25) is 0 Å². The van der Waals surface area contributed by atoms with Crippen molar-refractivity contribution < 1.29 is 18.7 Å². The predicted molar refractivity (Wildman–Crippen MR) is 132 cm³/mol. The number of para-hydroxylation sites is 1. The molecule has 1 aliphatic heterocycles. The summed E-state index contributed by atoms with van der Waals surface area (Å²) in [5.41, 5.74) is 2.04. The fraction of sp³-hybridized carbons (Fsp3) is 0.269. The van der Waals surface area contributed by atoms with Crippen LogP contribution in [0.5, 0.6) is 0 Å². The average Bonchev–Trinajstić information content (AvgIpc) is 3.31. The van der Waals surface area contributed by atoms with Gasteiger partial charge in [0.25, 0.3) is 0 Å². The van der Waals surface area contributed by atoms with E-state index in [1.165, 1.54) is 36.5 Å². The summed E-state index contributed by atoms with van der Waals surface area (Å²) in [4.78, 5) is 30.8. The summed E-state index contributed by atoms with van der Waals surface area (Å²) in [5, 5.41) is 5.33. The third kappa shape index (κ3) is 5.58. The Labute approximate surface area is 202 Å². The molecule has 2 aromatic carbocycles. The molecule has 0 aliphatic carbocycles. The van der Waals surface area contributed by atoms with Crippen molar-refractivity contribution in [2.24, 2.45) is 0 Å². The lowest BCUT2D eigenvalue weighted by atomic mass is 9.74. The molecule has 176 valence electrons. The maximum Gasteiger partial charge on any atom is 0.244 e. The zero-order valence-corrected chi connectivity index (χ0v) is 19.7. The fourth-order valence-corrected chi connectivity index (χ4v) is 4.92. The van der Waals surface area contributed by atoms with Crippen LogP contribution in [-0.4, -0.2) is 36.6 Å². The summed E-state index contributed by atoms with van der Waals surface area (Å²) in [6.07, 6.45) is 4.57. The van der Waals surface area contributed by atoms with Gasteiger partial charge >= 0.3 is 0 Å². The summed E-state index contributed by atoms with van der Waals surface area (Å²) in [5.74, 6) is -0.665. The van der Waals surface area contributed by atoms with Crippen LogP contribution in [-0.2, 0) is 19.7 Å². The van der Waals surface area contributed by atoms with Gasteiger partial charge in [-0.05, 0) is 48.7 Å². The number of carbonyl (C=O) groups excluding carboxylic acids is 2. The number of nitrogens with zero attached hydrogens (tertiary/aromatic N) is 2. The number of amides is 2. The van der Waals surface area contributed by atoms with Crippen molar-refractivity contribution in [3.05, 3.63) is 83.1 Å². The minimum atomic E-state index is -0.291. The van der Waals surface area contributed by atoms with Gasteiger partial charge in [-0.25, -0.2) is 9.37 Å². The van der Waals surface area contributed by atoms with Crippen LogP contribution in [0.25, 0.3) is 6.08 Å². The number of ether oxygens (including phenoxy) is 1. The number of anilines is 2. The molecule has 0 atom stereocenters. The Hall–Kier alpha value is -3.36. The summed E-state index contributed by atoms with van der Waals surface area (Å²) in [7, 11) is 0. The third-order valence-electron chi connectivity index (χ3n) is 5.94. The standard InChI is InChI=1S/C26H26FN3O3S/c1-19(31)30(23-5-3-2-4-6-23)25-29-22(17-34-25)11-12-24(32)28-18-26(13-15-33-16-14-26)20-7-9-21(27)10-8-20/h2-12,17H,13-16,18H2,1H3,(H,28,32). The number of hydrogen-bond donors (Lipinski definition) is 1. The molecule has 0 bridgehead atoms. The summed E-state index contributed by atoms with van der Waals surface area (Å²) in [6.45, 7) is 3.11. The third-order valence-corrected chi connectivity index (χ3v) is 6.79. The summed E-state index contributed by atoms with van der Waals surface area (Å²) < 4.78 is 18.9. The second-order valence-electron chi connectivity index (χ2n) is 8.20. The van der Waals surface area contributed by atoms with E-state index < -0.39 is 0 Å². The number of carbonyl (C=O) groups is 2. The van der Waals surface area contributed by atoms with Gasteiger partial charge in [-0.3, -0.25) is 14.5 Å². The maximum absolute atomic E-state index is 13.4. The van der Waals surface area contributed by atoms with Crippen molar-refractivity contribution in [1.29, 1.82) is 0 Å². The Morgan fingerprint density at radius 1 is 1.15 bits per heavy atom. The van der Waals surface area contributed by atoms with E-state index in [0.717, 1.165) is 24.1 Å². The highest BCUT2D eigenvalue weighted by Crippen LogP contribution is 2.34. The molecular formula is C26H26FN3O3S. The van der Waals surface area contributed by atoms with Gasteiger partial charge in [0.05, 0.1) is 11.4 Å². The van der Waals surface area contributed by atoms with Crippen molar-refractivity contribution in [3.63, 3.8) is 0 Å². The zero-order valence-electron chi connectivity index (χ0n) is 18.9. The normalized spacial score (nSPS) is 15.2. The number of rotatable bonds is 7. The number of nitrogens with one attached hydrogen (secondary N) is 1. The molecule has 4 rings (SSSR count). The van der Waals surface area contributed by atoms with Crippen molar-refractivity contribution in [2.45, 2.75) is 25.2 Å². The number of benzene rings is 2. The Kier molecular flexibility index (Phi) is 7.49. The highest BCUT2D eigenvalue weighted by Gasteiger charge is 2.34. The van der Waals surface area contributed by atoms with Gasteiger partial charge in [0.15, 0.2) is 5.13 Å². The molecule has 0 saturated carbocycles. The van der Waals surface area contributed by atoms with Crippen LogP contribution in [0.1, 0.15) is 31.0 Å². The lowest BCUT2D eigenvalue weighted by Gasteiger charge is -2.37. The van der Waals surface area contributed by atoms with Crippen LogP contribution in [0.3, 0.4) is 0 Å². The molecule has 1 aromatic heterocycles. The minimum absolute atomic E-state index is 0.142. The molecule has 2 amide bonds. The SMILES string of the molecule is CC(=O)N(c1ccccc1)c1nc(C=CC(=O)NCC2(c3ccc(F)cc3)CCOCC2)cs1. The van der Waals surface area contributed by atoms with E-state index in [2.05, 4.69) is 10.3 Å². The van der Waals surface area contributed by atoms with Gasteiger partial charge in [-0.1, -0.05) is 30.3 Å². The van der Waals surface area contributed by atoms with Crippen LogP contribution < -0.4 is 10.2 Å². The quantitative estimate of drug-likeness (QED) is 0.492. The Balaban J connectivity index is 1.42. The highest BCUT2D eigenvalue weighted by atomic mass is 32.1. The highest BCUT2D eigenvalue weighted by molar-refractivity contribution is 7.14. The van der Waals surface area contributed by atoms with Crippen molar-refractivity contribution in [2.75, 3.05) is 24.7 Å². The smallest absolute Gasteiger partial charge is 0.244 e. The van der Waals surface area contributed by atoms with Crippen molar-refractivity contribution in [1.82, 2.24) is 10.3 Å². The average molecular weight is 480 g/mol. The molecule has 1 N–H and O–H groups in total. The van der Waals surface area contributed by atoms with E-state index in [0.29, 0.717) is 30.6 Å². The zero-order chi connectivity index (χ0) is 24.0. The number of halogens is 1. The fourth-order valence-electron chi connectivity index (χ4n) is 4.07. The number of aromatic nitrogens is 1. The number of thiazole rings is 1. The van der Waals surface area contributed by atoms with Crippen molar-refractivity contribution in [3.8, 4) is 0 Å². The van der Waals surface area contributed by atoms with Gasteiger partial charge in [-0.15, -0.1) is 11.3 Å². The Morgan fingerprint density at radius 2 is 1.85 bits per heavy atom. The first kappa shape index (κ1) is 23.8. The molecule has 1 fully saturated rings. The van der Waals surface area contributed by atoms with Gasteiger partial charge in [-0.2, -0.15) is 0 Å². The van der Waals surface area contributed by atoms with Gasteiger partial charge < -0.3 is 10.1 Å². The molecule has 34 heavy (non-hydrogen) atoms. The molecule has 0 spiro atoms. The van der Waals surface area contributed by atoms with E-state index >= 15 is 0 Å². The molecule has 2 heterocycles. The maximum atomic E-state index is 13.4. The van der Waals surface area contributed by atoms with E-state index in [1.54, 1.807) is 28.5 Å². The Bertz CT molecular complexity index is 1160. The molecule has 1 saturated heterocycles. The monoisotopic (exact) mass is 479 g/mol. The second kappa shape index (κ2) is 10.7. The first-order chi connectivity index (χ1) is 16.5. The first-order valence-corrected chi connectivity index (χ1v) is 12.0. The van der Waals surface area contributed by atoms with Gasteiger partial charge in [0.2, 0.25) is 11.8 Å². The first-order valence-electron chi connectivity index (χ1n) is 11.1. The van der Waals surface area contributed by atoms with Crippen LogP contribution in [0.15, 0.2) is 66.1 Å². The molecule has 8 heteroatoms. The molecule has 0 radical (unpaired) electrons.